The summed E-state index contributed by atoms with van der Waals surface area (Å²) in [5.41, 5.74) is 3.58. The largest absolute Gasteiger partial charge is 0.491 e. The number of amides is 1. The molecule has 166 valence electrons. The van der Waals surface area contributed by atoms with Gasteiger partial charge in [-0.15, -0.1) is 0 Å². The molecule has 0 saturated carbocycles. The first-order valence-electron chi connectivity index (χ1n) is 10.5. The summed E-state index contributed by atoms with van der Waals surface area (Å²) >= 11 is 0. The summed E-state index contributed by atoms with van der Waals surface area (Å²) in [6.45, 7) is 2.29. The van der Waals surface area contributed by atoms with E-state index in [-0.39, 0.29) is 12.4 Å². The molecule has 2 N–H and O–H groups in total. The maximum Gasteiger partial charge on any atom is 0.290 e. The van der Waals surface area contributed by atoms with E-state index in [9.17, 15) is 4.79 Å². The molecule has 1 aliphatic rings. The lowest BCUT2D eigenvalue weighted by Gasteiger charge is -2.39. The van der Waals surface area contributed by atoms with Crippen LogP contribution in [0.15, 0.2) is 79.1 Å². The molecule has 0 unspecified atom stereocenters. The fourth-order valence-corrected chi connectivity index (χ4v) is 4.06. The lowest BCUT2D eigenvalue weighted by Crippen LogP contribution is -2.50. The Labute approximate surface area is 191 Å². The van der Waals surface area contributed by atoms with Crippen LogP contribution in [-0.4, -0.2) is 34.1 Å². The smallest absolute Gasteiger partial charge is 0.290 e. The second-order valence-electron chi connectivity index (χ2n) is 7.69. The average molecular weight is 441 g/mol. The molecule has 0 saturated heterocycles. The highest BCUT2D eigenvalue weighted by Gasteiger charge is 2.42. The number of carbonyl (C=O) groups is 2. The van der Waals surface area contributed by atoms with Gasteiger partial charge in [-0.05, 0) is 48.9 Å². The fourth-order valence-electron chi connectivity index (χ4n) is 4.06. The van der Waals surface area contributed by atoms with Crippen LogP contribution in [0.3, 0.4) is 0 Å². The Balaban J connectivity index is 0.000000821. The molecule has 1 atom stereocenters. The highest BCUT2D eigenvalue weighted by atomic mass is 16.5. The molecule has 4 aromatic rings. The van der Waals surface area contributed by atoms with Gasteiger partial charge in [0.25, 0.3) is 12.4 Å². The van der Waals surface area contributed by atoms with E-state index in [0.717, 1.165) is 27.7 Å². The number of nitrogens with one attached hydrogen (secondary N) is 1. The monoisotopic (exact) mass is 441 g/mol. The van der Waals surface area contributed by atoms with Crippen molar-refractivity contribution in [1.29, 1.82) is 0 Å². The van der Waals surface area contributed by atoms with Crippen molar-refractivity contribution in [2.75, 3.05) is 6.61 Å². The molecule has 33 heavy (non-hydrogen) atoms. The second kappa shape index (κ2) is 9.48. The van der Waals surface area contributed by atoms with Gasteiger partial charge >= 0.3 is 0 Å². The van der Waals surface area contributed by atoms with Gasteiger partial charge in [0.1, 0.15) is 17.0 Å². The molecule has 7 heteroatoms. The summed E-state index contributed by atoms with van der Waals surface area (Å²) in [6, 6.07) is 21.4. The lowest BCUT2D eigenvalue weighted by molar-refractivity contribution is -0.122. The van der Waals surface area contributed by atoms with E-state index in [1.807, 2.05) is 49.4 Å². The van der Waals surface area contributed by atoms with Gasteiger partial charge in [-0.3, -0.25) is 19.6 Å². The Morgan fingerprint density at radius 3 is 2.58 bits per heavy atom. The van der Waals surface area contributed by atoms with Crippen LogP contribution in [0.25, 0.3) is 10.9 Å². The fraction of sp³-hybridized carbons (Fsp3) is 0.154. The van der Waals surface area contributed by atoms with E-state index in [1.165, 1.54) is 0 Å². The predicted molar refractivity (Wildman–Crippen MR) is 124 cm³/mol. The molecular formula is C26H23N3O4. The third-order valence-electron chi connectivity index (χ3n) is 5.65. The Hall–Kier alpha value is -4.26. The van der Waals surface area contributed by atoms with Crippen molar-refractivity contribution in [3.05, 3.63) is 102 Å². The van der Waals surface area contributed by atoms with Crippen LogP contribution >= 0.6 is 0 Å². The number of pyridine rings is 2. The number of rotatable bonds is 3. The number of aryl methyl sites for hydroxylation is 1. The van der Waals surface area contributed by atoms with Crippen LogP contribution in [-0.2, 0) is 10.3 Å². The standard InChI is InChI=1S/C25H21N3O2.CH2O2/c1-17-6-9-20(10-7-17)25(12-15-30-22-5-3-14-27-23(22)25)28-24(29)19-8-11-21-18(16-19)4-2-13-26-21;2-1-3/h2-11,13-14,16H,12,15H2,1H3,(H,28,29);1H,(H,2,3)/t25-;/m0./s1. The maximum absolute atomic E-state index is 13.4. The number of carboxylic acid groups (broad SMARTS) is 1. The van der Waals surface area contributed by atoms with Crippen molar-refractivity contribution in [2.24, 2.45) is 0 Å². The van der Waals surface area contributed by atoms with Gasteiger partial charge in [0, 0.05) is 29.8 Å². The van der Waals surface area contributed by atoms with Gasteiger partial charge in [-0.1, -0.05) is 35.9 Å². The van der Waals surface area contributed by atoms with E-state index >= 15 is 0 Å². The molecule has 2 aromatic carbocycles. The van der Waals surface area contributed by atoms with Crippen molar-refractivity contribution in [1.82, 2.24) is 15.3 Å². The Bertz CT molecular complexity index is 1290. The summed E-state index contributed by atoms with van der Waals surface area (Å²) in [6.07, 6.45) is 4.09. The minimum Gasteiger partial charge on any atom is -0.491 e. The number of hydrogen-bond acceptors (Lipinski definition) is 5. The van der Waals surface area contributed by atoms with Crippen molar-refractivity contribution >= 4 is 23.3 Å². The molecule has 7 nitrogen and oxygen atoms in total. The van der Waals surface area contributed by atoms with Gasteiger partial charge in [-0.2, -0.15) is 0 Å². The summed E-state index contributed by atoms with van der Waals surface area (Å²) in [5, 5.41) is 11.1. The summed E-state index contributed by atoms with van der Waals surface area (Å²) in [4.78, 5) is 30.7. The predicted octanol–water partition coefficient (Wildman–Crippen LogP) is 4.10. The van der Waals surface area contributed by atoms with E-state index in [2.05, 4.69) is 39.6 Å². The minimum atomic E-state index is -0.760. The maximum atomic E-state index is 13.4. The average Bonchev–Trinajstić information content (AvgIpc) is 2.85. The van der Waals surface area contributed by atoms with Gasteiger partial charge in [0.15, 0.2) is 0 Å². The third-order valence-corrected chi connectivity index (χ3v) is 5.65. The SMILES string of the molecule is Cc1ccc([C@@]2(NC(=O)c3ccc4ncccc4c3)CCOc3cccnc32)cc1.O=CO. The van der Waals surface area contributed by atoms with Crippen LogP contribution < -0.4 is 10.1 Å². The molecule has 0 spiro atoms. The molecule has 1 aliphatic heterocycles. The zero-order valence-corrected chi connectivity index (χ0v) is 18.1. The van der Waals surface area contributed by atoms with Gasteiger partial charge in [0.2, 0.25) is 0 Å². The van der Waals surface area contributed by atoms with Crippen LogP contribution in [0.2, 0.25) is 0 Å². The summed E-state index contributed by atoms with van der Waals surface area (Å²) in [7, 11) is 0. The highest BCUT2D eigenvalue weighted by Crippen LogP contribution is 2.40. The molecule has 3 heterocycles. The zero-order valence-electron chi connectivity index (χ0n) is 18.1. The molecule has 0 aliphatic carbocycles. The van der Waals surface area contributed by atoms with Crippen molar-refractivity contribution < 1.29 is 19.4 Å². The quantitative estimate of drug-likeness (QED) is 0.464. The van der Waals surface area contributed by atoms with Gasteiger partial charge < -0.3 is 15.2 Å². The highest BCUT2D eigenvalue weighted by molar-refractivity contribution is 5.98. The second-order valence-corrected chi connectivity index (χ2v) is 7.69. The Kier molecular flexibility index (Phi) is 6.31. The van der Waals surface area contributed by atoms with Crippen molar-refractivity contribution in [3.63, 3.8) is 0 Å². The van der Waals surface area contributed by atoms with Crippen LogP contribution in [0.5, 0.6) is 5.75 Å². The Morgan fingerprint density at radius 1 is 1.06 bits per heavy atom. The van der Waals surface area contributed by atoms with Crippen LogP contribution in [0.4, 0.5) is 0 Å². The molecule has 1 amide bonds. The Morgan fingerprint density at radius 2 is 1.79 bits per heavy atom. The van der Waals surface area contributed by atoms with E-state index in [0.29, 0.717) is 24.3 Å². The van der Waals surface area contributed by atoms with Crippen LogP contribution in [0, 0.1) is 6.92 Å². The lowest BCUT2D eigenvalue weighted by atomic mass is 9.81. The van der Waals surface area contributed by atoms with Gasteiger partial charge in [0.05, 0.1) is 12.1 Å². The summed E-state index contributed by atoms with van der Waals surface area (Å²) in [5.74, 6) is 0.548. The van der Waals surface area contributed by atoms with E-state index in [4.69, 9.17) is 14.6 Å². The normalized spacial score (nSPS) is 16.5. The molecular weight excluding hydrogens is 418 g/mol. The minimum absolute atomic E-state index is 0.153. The first-order chi connectivity index (χ1) is 16.1. The number of benzene rings is 2. The number of nitrogens with zero attached hydrogens (tertiary/aromatic N) is 2. The topological polar surface area (TPSA) is 101 Å². The number of ether oxygens (including phenoxy) is 1. The number of fused-ring (bicyclic) bond motifs is 2. The van der Waals surface area contributed by atoms with Gasteiger partial charge in [-0.25, -0.2) is 0 Å². The molecule has 0 bridgehead atoms. The number of hydrogen-bond donors (Lipinski definition) is 2. The molecule has 0 fully saturated rings. The number of aromatic nitrogens is 2. The molecule has 0 radical (unpaired) electrons. The molecule has 2 aromatic heterocycles. The first kappa shape index (κ1) is 22.0. The first-order valence-corrected chi connectivity index (χ1v) is 10.5. The summed E-state index contributed by atoms with van der Waals surface area (Å²) < 4.78 is 5.85. The zero-order chi connectivity index (χ0) is 23.3. The van der Waals surface area contributed by atoms with Crippen molar-refractivity contribution in [3.8, 4) is 5.75 Å². The van der Waals surface area contributed by atoms with E-state index in [1.54, 1.807) is 12.4 Å². The van der Waals surface area contributed by atoms with E-state index < -0.39 is 5.54 Å². The third kappa shape index (κ3) is 4.39. The van der Waals surface area contributed by atoms with Crippen LogP contribution in [0.1, 0.15) is 33.6 Å². The number of carbonyl (C=O) groups excluding carboxylic acids is 1. The van der Waals surface area contributed by atoms with Crippen molar-refractivity contribution in [2.45, 2.75) is 18.9 Å². The molecule has 5 rings (SSSR count).